The van der Waals surface area contributed by atoms with Crippen LogP contribution in [0, 0.1) is 5.82 Å². The van der Waals surface area contributed by atoms with Crippen molar-refractivity contribution in [1.29, 1.82) is 0 Å². The molecule has 2 aromatic carbocycles. The first-order valence-electron chi connectivity index (χ1n) is 12.8. The van der Waals surface area contributed by atoms with Gasteiger partial charge in [0.15, 0.2) is 6.29 Å². The second kappa shape index (κ2) is 12.9. The molecule has 194 valence electrons. The highest BCUT2D eigenvalue weighted by atomic mass is 19.1. The van der Waals surface area contributed by atoms with E-state index in [1.165, 1.54) is 12.1 Å². The van der Waals surface area contributed by atoms with Crippen LogP contribution < -0.4 is 0 Å². The lowest BCUT2D eigenvalue weighted by Gasteiger charge is -2.39. The van der Waals surface area contributed by atoms with E-state index in [1.54, 1.807) is 19.1 Å². The van der Waals surface area contributed by atoms with Gasteiger partial charge in [-0.2, -0.15) is 0 Å². The molecule has 0 bridgehead atoms. The molecule has 0 aromatic heterocycles. The molecule has 2 aliphatic rings. The van der Waals surface area contributed by atoms with E-state index < -0.39 is 0 Å². The Morgan fingerprint density at radius 2 is 1.69 bits per heavy atom. The van der Waals surface area contributed by atoms with Crippen molar-refractivity contribution in [3.8, 4) is 0 Å². The summed E-state index contributed by atoms with van der Waals surface area (Å²) in [5.74, 6) is -0.222. The Kier molecular flexibility index (Phi) is 9.44. The number of nitrogens with zero attached hydrogens (tertiary/aromatic N) is 3. The van der Waals surface area contributed by atoms with Gasteiger partial charge >= 0.3 is 0 Å². The zero-order chi connectivity index (χ0) is 25.3. The summed E-state index contributed by atoms with van der Waals surface area (Å²) in [6.45, 7) is 6.48. The van der Waals surface area contributed by atoms with Gasteiger partial charge in [0.1, 0.15) is 5.82 Å². The maximum absolute atomic E-state index is 13.5. The molecule has 0 radical (unpaired) electrons. The Morgan fingerprint density at radius 3 is 2.33 bits per heavy atom. The normalized spacial score (nSPS) is 18.3. The van der Waals surface area contributed by atoms with E-state index in [-0.39, 0.29) is 30.5 Å². The van der Waals surface area contributed by atoms with E-state index in [9.17, 15) is 9.18 Å². The number of benzene rings is 2. The summed E-state index contributed by atoms with van der Waals surface area (Å²) in [6, 6.07) is 14.0. The average Bonchev–Trinajstić information content (AvgIpc) is 2.92. The van der Waals surface area contributed by atoms with Crippen LogP contribution in [-0.2, 0) is 27.2 Å². The molecule has 1 N–H and O–H groups in total. The second-order valence-electron chi connectivity index (χ2n) is 9.59. The maximum Gasteiger partial charge on any atom is 0.227 e. The summed E-state index contributed by atoms with van der Waals surface area (Å²) >= 11 is 0. The third-order valence-electron chi connectivity index (χ3n) is 7.04. The molecule has 2 heterocycles. The number of oxime groups is 1. The standard InChI is InChI=1S/C28H36FN3O4/c1-21(30-34)24-7-3-22(4-8-24)19-27(33)32(20-23-5-9-25(29)10-6-23)26-11-14-31(15-12-26)16-13-28-35-17-2-18-36-28/h3-10,26,28,34H,2,11-20H2,1H3. The number of carbonyl (C=O) groups is 1. The molecule has 2 aromatic rings. The largest absolute Gasteiger partial charge is 0.411 e. The molecule has 1 amide bonds. The Morgan fingerprint density at radius 1 is 1.06 bits per heavy atom. The van der Waals surface area contributed by atoms with Crippen molar-refractivity contribution < 1.29 is 23.9 Å². The van der Waals surface area contributed by atoms with Crippen LogP contribution in [0.3, 0.4) is 0 Å². The van der Waals surface area contributed by atoms with Gasteiger partial charge in [0.05, 0.1) is 25.3 Å². The number of hydrogen-bond acceptors (Lipinski definition) is 6. The Hall–Kier alpha value is -2.81. The molecule has 4 rings (SSSR count). The van der Waals surface area contributed by atoms with Crippen molar-refractivity contribution in [2.45, 2.75) is 57.9 Å². The van der Waals surface area contributed by atoms with Gasteiger partial charge < -0.3 is 24.5 Å². The summed E-state index contributed by atoms with van der Waals surface area (Å²) < 4.78 is 24.8. The molecule has 36 heavy (non-hydrogen) atoms. The molecule has 7 nitrogen and oxygen atoms in total. The number of hydrogen-bond donors (Lipinski definition) is 1. The van der Waals surface area contributed by atoms with E-state index in [0.29, 0.717) is 12.3 Å². The van der Waals surface area contributed by atoms with E-state index >= 15 is 0 Å². The van der Waals surface area contributed by atoms with Gasteiger partial charge in [0.2, 0.25) is 5.91 Å². The van der Waals surface area contributed by atoms with Crippen LogP contribution >= 0.6 is 0 Å². The second-order valence-corrected chi connectivity index (χ2v) is 9.59. The van der Waals surface area contributed by atoms with Gasteiger partial charge in [-0.1, -0.05) is 41.6 Å². The van der Waals surface area contributed by atoms with Gasteiger partial charge in [-0.3, -0.25) is 4.79 Å². The lowest BCUT2D eigenvalue weighted by atomic mass is 10.00. The van der Waals surface area contributed by atoms with E-state index in [4.69, 9.17) is 14.7 Å². The monoisotopic (exact) mass is 497 g/mol. The molecule has 0 unspecified atom stereocenters. The van der Waals surface area contributed by atoms with Gasteiger partial charge in [0, 0.05) is 38.6 Å². The predicted molar refractivity (Wildman–Crippen MR) is 135 cm³/mol. The van der Waals surface area contributed by atoms with E-state index in [1.807, 2.05) is 29.2 Å². The van der Waals surface area contributed by atoms with Crippen molar-refractivity contribution in [1.82, 2.24) is 9.80 Å². The molecular formula is C28H36FN3O4. The molecule has 8 heteroatoms. The minimum Gasteiger partial charge on any atom is -0.411 e. The first-order chi connectivity index (χ1) is 17.5. The van der Waals surface area contributed by atoms with Crippen molar-refractivity contribution in [3.05, 3.63) is 71.0 Å². The maximum atomic E-state index is 13.5. The minimum absolute atomic E-state index is 0.0575. The first-order valence-corrected chi connectivity index (χ1v) is 12.8. The average molecular weight is 498 g/mol. The number of halogens is 1. The Bertz CT molecular complexity index is 998. The summed E-state index contributed by atoms with van der Waals surface area (Å²) in [6.07, 6.45) is 3.79. The number of ether oxygens (including phenoxy) is 2. The number of likely N-dealkylation sites (tertiary alicyclic amines) is 1. The summed E-state index contributed by atoms with van der Waals surface area (Å²) in [5.41, 5.74) is 3.17. The number of piperidine rings is 1. The summed E-state index contributed by atoms with van der Waals surface area (Å²) in [4.78, 5) is 17.9. The van der Waals surface area contributed by atoms with Gasteiger partial charge in [-0.15, -0.1) is 0 Å². The lowest BCUT2D eigenvalue weighted by molar-refractivity contribution is -0.182. The highest BCUT2D eigenvalue weighted by Gasteiger charge is 2.28. The summed E-state index contributed by atoms with van der Waals surface area (Å²) in [7, 11) is 0. The number of amides is 1. The molecular weight excluding hydrogens is 461 g/mol. The molecule has 0 spiro atoms. The van der Waals surface area contributed by atoms with Crippen LogP contribution in [0.4, 0.5) is 4.39 Å². The van der Waals surface area contributed by atoms with Crippen LogP contribution in [0.5, 0.6) is 0 Å². The fraction of sp³-hybridized carbons (Fsp3) is 0.500. The van der Waals surface area contributed by atoms with Crippen molar-refractivity contribution in [3.63, 3.8) is 0 Å². The van der Waals surface area contributed by atoms with Crippen LogP contribution in [0.15, 0.2) is 53.7 Å². The van der Waals surface area contributed by atoms with Crippen molar-refractivity contribution in [2.24, 2.45) is 5.16 Å². The fourth-order valence-electron chi connectivity index (χ4n) is 4.85. The van der Waals surface area contributed by atoms with Crippen molar-refractivity contribution >= 4 is 11.6 Å². The smallest absolute Gasteiger partial charge is 0.227 e. The molecule has 2 fully saturated rings. The lowest BCUT2D eigenvalue weighted by Crippen LogP contribution is -2.48. The SMILES string of the molecule is CC(=NO)c1ccc(CC(=O)N(Cc2ccc(F)cc2)C2CCN(CCC3OCCCO3)CC2)cc1. The third kappa shape index (κ3) is 7.35. The topological polar surface area (TPSA) is 74.6 Å². The quantitative estimate of drug-likeness (QED) is 0.319. The predicted octanol–water partition coefficient (Wildman–Crippen LogP) is 4.21. The van der Waals surface area contributed by atoms with Crippen molar-refractivity contribution in [2.75, 3.05) is 32.8 Å². The highest BCUT2D eigenvalue weighted by Crippen LogP contribution is 2.22. The summed E-state index contributed by atoms with van der Waals surface area (Å²) in [5, 5.41) is 12.2. The van der Waals surface area contributed by atoms with Gasteiger partial charge in [0.25, 0.3) is 0 Å². The highest BCUT2D eigenvalue weighted by molar-refractivity contribution is 5.98. The zero-order valence-corrected chi connectivity index (χ0v) is 20.9. The van der Waals surface area contributed by atoms with E-state index in [0.717, 1.165) is 75.2 Å². The molecule has 0 atom stereocenters. The Balaban J connectivity index is 1.38. The van der Waals surface area contributed by atoms with Crippen LogP contribution in [0.1, 0.15) is 49.3 Å². The Labute approximate surface area is 212 Å². The zero-order valence-electron chi connectivity index (χ0n) is 20.9. The molecule has 0 aliphatic carbocycles. The van der Waals surface area contributed by atoms with Crippen LogP contribution in [-0.4, -0.2) is 71.8 Å². The molecule has 0 saturated carbocycles. The third-order valence-corrected chi connectivity index (χ3v) is 7.04. The van der Waals surface area contributed by atoms with Gasteiger partial charge in [-0.25, -0.2) is 4.39 Å². The number of carbonyl (C=O) groups excluding carboxylic acids is 1. The van der Waals surface area contributed by atoms with Gasteiger partial charge in [-0.05, 0) is 55.0 Å². The molecule has 2 saturated heterocycles. The minimum atomic E-state index is -0.280. The number of rotatable bonds is 9. The first kappa shape index (κ1) is 26.3. The molecule has 2 aliphatic heterocycles. The fourth-order valence-corrected chi connectivity index (χ4v) is 4.85. The van der Waals surface area contributed by atoms with E-state index in [2.05, 4.69) is 10.1 Å². The van der Waals surface area contributed by atoms with Crippen LogP contribution in [0.2, 0.25) is 0 Å². The van der Waals surface area contributed by atoms with Crippen LogP contribution in [0.25, 0.3) is 0 Å².